The van der Waals surface area contributed by atoms with Gasteiger partial charge in [-0.1, -0.05) is 6.92 Å². The molecule has 6 nitrogen and oxygen atoms in total. The Bertz CT molecular complexity index is 633. The first-order chi connectivity index (χ1) is 12.6. The van der Waals surface area contributed by atoms with E-state index in [1.807, 2.05) is 6.92 Å². The van der Waals surface area contributed by atoms with Crippen LogP contribution in [0, 0.1) is 32.6 Å². The molecule has 0 aliphatic rings. The molecule has 0 heterocycles. The summed E-state index contributed by atoms with van der Waals surface area (Å²) in [6.45, 7) is 11.1. The lowest BCUT2D eigenvalue weighted by Gasteiger charge is -2.20. The smallest absolute Gasteiger partial charge is 0.320 e. The van der Waals surface area contributed by atoms with E-state index in [9.17, 15) is 19.8 Å². The van der Waals surface area contributed by atoms with E-state index in [1.54, 1.807) is 34.6 Å². The summed E-state index contributed by atoms with van der Waals surface area (Å²) in [5.41, 5.74) is 2.70. The lowest BCUT2D eigenvalue weighted by molar-refractivity contribution is -0.162. The molecule has 0 spiro atoms. The number of aromatic hydroxyl groups is 2. The van der Waals surface area contributed by atoms with Gasteiger partial charge in [0.15, 0.2) is 5.92 Å². The highest BCUT2D eigenvalue weighted by atomic mass is 16.6. The minimum atomic E-state index is -0.942. The van der Waals surface area contributed by atoms with E-state index in [0.29, 0.717) is 41.5 Å². The van der Waals surface area contributed by atoms with Gasteiger partial charge in [0.25, 0.3) is 0 Å². The zero-order valence-corrected chi connectivity index (χ0v) is 17.2. The SMILES string of the molecule is CCOC(=O)C(CC(C)CCc1c(C)c(O)c(C)c(C)c1O)C(=O)OCC. The Labute approximate surface area is 161 Å². The number of phenols is 2. The van der Waals surface area contributed by atoms with Crippen LogP contribution in [0.1, 0.15) is 55.9 Å². The first kappa shape index (κ1) is 22.8. The summed E-state index contributed by atoms with van der Waals surface area (Å²) in [7, 11) is 0. The molecule has 1 atom stereocenters. The molecule has 0 aromatic heterocycles. The summed E-state index contributed by atoms with van der Waals surface area (Å²) in [4.78, 5) is 24.2. The number of hydrogen-bond acceptors (Lipinski definition) is 6. The molecule has 0 amide bonds. The number of esters is 2. The van der Waals surface area contributed by atoms with Gasteiger partial charge in [-0.25, -0.2) is 0 Å². The van der Waals surface area contributed by atoms with Crippen LogP contribution in [0.5, 0.6) is 11.5 Å². The molecule has 6 heteroatoms. The monoisotopic (exact) mass is 380 g/mol. The van der Waals surface area contributed by atoms with Crippen molar-refractivity contribution in [2.24, 2.45) is 11.8 Å². The third-order valence-corrected chi connectivity index (χ3v) is 5.03. The Kier molecular flexibility index (Phi) is 8.60. The maximum Gasteiger partial charge on any atom is 0.320 e. The first-order valence-corrected chi connectivity index (χ1v) is 9.49. The second-order valence-corrected chi connectivity index (χ2v) is 6.99. The summed E-state index contributed by atoms with van der Waals surface area (Å²) < 4.78 is 10.0. The summed E-state index contributed by atoms with van der Waals surface area (Å²) >= 11 is 0. The number of rotatable bonds is 9. The van der Waals surface area contributed by atoms with E-state index >= 15 is 0 Å². The second kappa shape index (κ2) is 10.2. The lowest BCUT2D eigenvalue weighted by Crippen LogP contribution is -2.29. The van der Waals surface area contributed by atoms with Crippen LogP contribution in [0.4, 0.5) is 0 Å². The van der Waals surface area contributed by atoms with Gasteiger partial charge in [0.2, 0.25) is 0 Å². The fraction of sp³-hybridized carbons (Fsp3) is 0.619. The molecule has 0 saturated heterocycles. The van der Waals surface area contributed by atoms with Crippen molar-refractivity contribution in [1.29, 1.82) is 0 Å². The number of phenolic OH excluding ortho intramolecular Hbond substituents is 2. The van der Waals surface area contributed by atoms with Crippen LogP contribution < -0.4 is 0 Å². The van der Waals surface area contributed by atoms with Gasteiger partial charge >= 0.3 is 11.9 Å². The summed E-state index contributed by atoms with van der Waals surface area (Å²) in [5.74, 6) is -1.66. The van der Waals surface area contributed by atoms with Crippen molar-refractivity contribution in [1.82, 2.24) is 0 Å². The van der Waals surface area contributed by atoms with Crippen LogP contribution >= 0.6 is 0 Å². The normalized spacial score (nSPS) is 12.1. The predicted molar refractivity (Wildman–Crippen MR) is 103 cm³/mol. The first-order valence-electron chi connectivity index (χ1n) is 9.49. The van der Waals surface area contributed by atoms with Crippen molar-refractivity contribution in [3.8, 4) is 11.5 Å². The molecule has 1 unspecified atom stereocenters. The topological polar surface area (TPSA) is 93.1 Å². The van der Waals surface area contributed by atoms with Crippen LogP contribution in [0.25, 0.3) is 0 Å². The molecule has 1 rings (SSSR count). The maximum atomic E-state index is 12.1. The van der Waals surface area contributed by atoms with Crippen LogP contribution in [0.2, 0.25) is 0 Å². The largest absolute Gasteiger partial charge is 0.507 e. The van der Waals surface area contributed by atoms with Gasteiger partial charge in [0.05, 0.1) is 13.2 Å². The van der Waals surface area contributed by atoms with Crippen molar-refractivity contribution in [2.75, 3.05) is 13.2 Å². The Hall–Kier alpha value is -2.24. The standard InChI is InChI=1S/C21H32O6/c1-7-26-20(24)17(21(25)27-8-2)11-12(3)9-10-16-15(6)18(22)13(4)14(5)19(16)23/h12,17,22-23H,7-11H2,1-6H3. The molecule has 1 aromatic rings. The minimum Gasteiger partial charge on any atom is -0.507 e. The van der Waals surface area contributed by atoms with E-state index in [1.165, 1.54) is 0 Å². The average molecular weight is 380 g/mol. The third-order valence-electron chi connectivity index (χ3n) is 5.03. The average Bonchev–Trinajstić information content (AvgIpc) is 2.63. The fourth-order valence-corrected chi connectivity index (χ4v) is 3.17. The number of carbonyl (C=O) groups is 2. The zero-order valence-electron chi connectivity index (χ0n) is 17.2. The van der Waals surface area contributed by atoms with Crippen molar-refractivity contribution >= 4 is 11.9 Å². The molecule has 0 aliphatic heterocycles. The van der Waals surface area contributed by atoms with Crippen molar-refractivity contribution in [2.45, 2.75) is 60.8 Å². The van der Waals surface area contributed by atoms with E-state index in [-0.39, 0.29) is 30.6 Å². The summed E-state index contributed by atoms with van der Waals surface area (Å²) in [5, 5.41) is 20.7. The van der Waals surface area contributed by atoms with Gasteiger partial charge in [-0.05, 0) is 76.5 Å². The van der Waals surface area contributed by atoms with Crippen molar-refractivity contribution in [3.63, 3.8) is 0 Å². The van der Waals surface area contributed by atoms with E-state index in [2.05, 4.69) is 0 Å². The Balaban J connectivity index is 2.88. The van der Waals surface area contributed by atoms with Gasteiger partial charge in [-0.3, -0.25) is 9.59 Å². The molecule has 27 heavy (non-hydrogen) atoms. The van der Waals surface area contributed by atoms with Crippen molar-refractivity contribution in [3.05, 3.63) is 22.3 Å². The van der Waals surface area contributed by atoms with E-state index in [0.717, 1.165) is 0 Å². The zero-order chi connectivity index (χ0) is 20.7. The second-order valence-electron chi connectivity index (χ2n) is 6.99. The van der Waals surface area contributed by atoms with Crippen molar-refractivity contribution < 1.29 is 29.3 Å². The molecule has 1 aromatic carbocycles. The van der Waals surface area contributed by atoms with Gasteiger partial charge < -0.3 is 19.7 Å². The Morgan fingerprint density at radius 3 is 1.85 bits per heavy atom. The fourth-order valence-electron chi connectivity index (χ4n) is 3.17. The number of ether oxygens (including phenoxy) is 2. The van der Waals surface area contributed by atoms with Gasteiger partial charge in [-0.2, -0.15) is 0 Å². The highest BCUT2D eigenvalue weighted by Gasteiger charge is 2.31. The van der Waals surface area contributed by atoms with Gasteiger partial charge in [-0.15, -0.1) is 0 Å². The maximum absolute atomic E-state index is 12.1. The Morgan fingerprint density at radius 2 is 1.37 bits per heavy atom. The molecule has 0 aliphatic carbocycles. The number of carbonyl (C=O) groups excluding carboxylic acids is 2. The van der Waals surface area contributed by atoms with E-state index < -0.39 is 17.9 Å². The Morgan fingerprint density at radius 1 is 0.889 bits per heavy atom. The quantitative estimate of drug-likeness (QED) is 0.385. The van der Waals surface area contributed by atoms with Crippen LogP contribution in [-0.4, -0.2) is 35.4 Å². The molecule has 0 saturated carbocycles. The molecule has 0 radical (unpaired) electrons. The van der Waals surface area contributed by atoms with Crippen LogP contribution in [-0.2, 0) is 25.5 Å². The molecule has 0 fully saturated rings. The lowest BCUT2D eigenvalue weighted by atomic mass is 9.88. The summed E-state index contributed by atoms with van der Waals surface area (Å²) in [6, 6.07) is 0. The molecule has 2 N–H and O–H groups in total. The third kappa shape index (κ3) is 5.62. The molecular weight excluding hydrogens is 348 g/mol. The molecule has 0 bridgehead atoms. The van der Waals surface area contributed by atoms with Gasteiger partial charge in [0.1, 0.15) is 11.5 Å². The molecular formula is C21H32O6. The highest BCUT2D eigenvalue weighted by Crippen LogP contribution is 2.37. The number of benzene rings is 1. The van der Waals surface area contributed by atoms with Crippen LogP contribution in [0.3, 0.4) is 0 Å². The van der Waals surface area contributed by atoms with Crippen LogP contribution in [0.15, 0.2) is 0 Å². The number of hydrogen-bond donors (Lipinski definition) is 2. The van der Waals surface area contributed by atoms with E-state index in [4.69, 9.17) is 9.47 Å². The summed E-state index contributed by atoms with van der Waals surface area (Å²) in [6.07, 6.45) is 1.49. The predicted octanol–water partition coefficient (Wildman–Crippen LogP) is 3.72. The highest BCUT2D eigenvalue weighted by molar-refractivity contribution is 5.94. The van der Waals surface area contributed by atoms with Gasteiger partial charge in [0, 0.05) is 5.56 Å². The molecule has 152 valence electrons. The minimum absolute atomic E-state index is 0.0198.